The summed E-state index contributed by atoms with van der Waals surface area (Å²) in [6.07, 6.45) is 4.59. The molecule has 1 aliphatic carbocycles. The quantitative estimate of drug-likeness (QED) is 0.804. The van der Waals surface area contributed by atoms with Gasteiger partial charge in [0.05, 0.1) is 0 Å². The lowest BCUT2D eigenvalue weighted by molar-refractivity contribution is 0.345. The van der Waals surface area contributed by atoms with Gasteiger partial charge < -0.3 is 9.84 Å². The summed E-state index contributed by atoms with van der Waals surface area (Å²) in [5, 5.41) is 7.35. The molecule has 1 heterocycles. The van der Waals surface area contributed by atoms with E-state index in [1.807, 2.05) is 0 Å². The molecule has 1 aromatic heterocycles. The highest BCUT2D eigenvalue weighted by molar-refractivity contribution is 4.99. The lowest BCUT2D eigenvalue weighted by atomic mass is 9.85. The molecule has 1 aliphatic rings. The van der Waals surface area contributed by atoms with Gasteiger partial charge in [0.1, 0.15) is 0 Å². The van der Waals surface area contributed by atoms with Crippen molar-refractivity contribution in [3.63, 3.8) is 0 Å². The molecule has 1 N–H and O–H groups in total. The number of nitrogens with one attached hydrogen (secondary N) is 1. The smallest absolute Gasteiger partial charge is 0.227 e. The summed E-state index contributed by atoms with van der Waals surface area (Å²) in [5.74, 6) is 2.26. The maximum atomic E-state index is 5.20. The summed E-state index contributed by atoms with van der Waals surface area (Å²) in [6, 6.07) is 0.513. The van der Waals surface area contributed by atoms with E-state index < -0.39 is 0 Å². The molecule has 1 saturated carbocycles. The van der Waals surface area contributed by atoms with Crippen LogP contribution in [0, 0.1) is 0 Å². The van der Waals surface area contributed by atoms with Crippen molar-refractivity contribution >= 4 is 0 Å². The van der Waals surface area contributed by atoms with Gasteiger partial charge in [0.25, 0.3) is 0 Å². The van der Waals surface area contributed by atoms with Gasteiger partial charge in [0.2, 0.25) is 5.89 Å². The van der Waals surface area contributed by atoms with E-state index in [0.29, 0.717) is 12.0 Å². The Bertz CT molecular complexity index is 305. The zero-order chi connectivity index (χ0) is 10.7. The number of nitrogens with zero attached hydrogens (tertiary/aromatic N) is 2. The molecule has 0 aromatic carbocycles. The van der Waals surface area contributed by atoms with E-state index in [1.54, 1.807) is 0 Å². The highest BCUT2D eigenvalue weighted by Crippen LogP contribution is 2.34. The molecule has 0 saturated heterocycles. The van der Waals surface area contributed by atoms with Gasteiger partial charge in [-0.05, 0) is 12.8 Å². The fourth-order valence-corrected chi connectivity index (χ4v) is 1.67. The largest absolute Gasteiger partial charge is 0.339 e. The molecule has 0 atom stereocenters. The van der Waals surface area contributed by atoms with Gasteiger partial charge in [0, 0.05) is 24.9 Å². The Kier molecular flexibility index (Phi) is 3.36. The molecular weight excluding hydrogens is 190 g/mol. The second kappa shape index (κ2) is 4.75. The van der Waals surface area contributed by atoms with Gasteiger partial charge in [-0.25, -0.2) is 0 Å². The van der Waals surface area contributed by atoms with E-state index in [9.17, 15) is 0 Å². The monoisotopic (exact) mass is 209 g/mol. The van der Waals surface area contributed by atoms with Gasteiger partial charge in [-0.1, -0.05) is 25.4 Å². The highest BCUT2D eigenvalue weighted by atomic mass is 16.5. The first-order chi connectivity index (χ1) is 7.25. The summed E-state index contributed by atoms with van der Waals surface area (Å²) in [6.45, 7) is 5.17. The van der Waals surface area contributed by atoms with Crippen LogP contribution < -0.4 is 5.32 Å². The number of hydrogen-bond donors (Lipinski definition) is 1. The van der Waals surface area contributed by atoms with Crippen molar-refractivity contribution in [2.75, 3.05) is 6.54 Å². The van der Waals surface area contributed by atoms with Crippen LogP contribution in [0.25, 0.3) is 0 Å². The molecule has 1 fully saturated rings. The van der Waals surface area contributed by atoms with E-state index in [0.717, 1.165) is 24.7 Å². The lowest BCUT2D eigenvalue weighted by Crippen LogP contribution is -2.25. The number of aromatic nitrogens is 2. The molecule has 15 heavy (non-hydrogen) atoms. The van der Waals surface area contributed by atoms with Gasteiger partial charge in [-0.15, -0.1) is 0 Å². The van der Waals surface area contributed by atoms with Crippen molar-refractivity contribution in [3.05, 3.63) is 11.7 Å². The number of hydrogen-bond acceptors (Lipinski definition) is 4. The molecule has 4 heteroatoms. The summed E-state index contributed by atoms with van der Waals surface area (Å²) < 4.78 is 5.20. The SMILES string of the molecule is CC(C)NCCc1nc(C2CCC2)no1. The Morgan fingerprint density at radius 2 is 2.27 bits per heavy atom. The lowest BCUT2D eigenvalue weighted by Gasteiger charge is -2.20. The van der Waals surface area contributed by atoms with Crippen LogP contribution in [0.5, 0.6) is 0 Å². The van der Waals surface area contributed by atoms with Gasteiger partial charge in [-0.2, -0.15) is 4.98 Å². The van der Waals surface area contributed by atoms with E-state index >= 15 is 0 Å². The standard InChI is InChI=1S/C11H19N3O/c1-8(2)12-7-6-10-13-11(14-15-10)9-4-3-5-9/h8-9,12H,3-7H2,1-2H3. The maximum absolute atomic E-state index is 5.20. The second-order valence-corrected chi connectivity index (χ2v) is 4.53. The van der Waals surface area contributed by atoms with E-state index in [-0.39, 0.29) is 0 Å². The second-order valence-electron chi connectivity index (χ2n) is 4.53. The van der Waals surface area contributed by atoms with Crippen molar-refractivity contribution < 1.29 is 4.52 Å². The van der Waals surface area contributed by atoms with Crippen molar-refractivity contribution in [1.29, 1.82) is 0 Å². The molecule has 2 rings (SSSR count). The topological polar surface area (TPSA) is 51.0 Å². The molecule has 0 amide bonds. The van der Waals surface area contributed by atoms with Gasteiger partial charge in [-0.3, -0.25) is 0 Å². The minimum Gasteiger partial charge on any atom is -0.339 e. The Labute approximate surface area is 90.4 Å². The predicted octanol–water partition coefficient (Wildman–Crippen LogP) is 1.88. The summed E-state index contributed by atoms with van der Waals surface area (Å²) in [7, 11) is 0. The fourth-order valence-electron chi connectivity index (χ4n) is 1.67. The van der Waals surface area contributed by atoms with Gasteiger partial charge >= 0.3 is 0 Å². The predicted molar refractivity (Wildman–Crippen MR) is 57.7 cm³/mol. The van der Waals surface area contributed by atoms with Crippen molar-refractivity contribution in [1.82, 2.24) is 15.5 Å². The molecule has 0 unspecified atom stereocenters. The summed E-state index contributed by atoms with van der Waals surface area (Å²) >= 11 is 0. The van der Waals surface area contributed by atoms with Crippen LogP contribution in [0.15, 0.2) is 4.52 Å². The Morgan fingerprint density at radius 3 is 2.87 bits per heavy atom. The highest BCUT2D eigenvalue weighted by Gasteiger charge is 2.24. The normalized spacial score (nSPS) is 17.0. The van der Waals surface area contributed by atoms with Crippen molar-refractivity contribution in [2.24, 2.45) is 0 Å². The van der Waals surface area contributed by atoms with Crippen LogP contribution in [0.1, 0.15) is 50.7 Å². The van der Waals surface area contributed by atoms with E-state index in [1.165, 1.54) is 19.3 Å². The van der Waals surface area contributed by atoms with Crippen LogP contribution in [-0.2, 0) is 6.42 Å². The van der Waals surface area contributed by atoms with Crippen molar-refractivity contribution in [2.45, 2.75) is 51.5 Å². The zero-order valence-electron chi connectivity index (χ0n) is 9.49. The molecule has 0 radical (unpaired) electrons. The van der Waals surface area contributed by atoms with Gasteiger partial charge in [0.15, 0.2) is 5.82 Å². The minimum atomic E-state index is 0.513. The average molecular weight is 209 g/mol. The van der Waals surface area contributed by atoms with E-state index in [2.05, 4.69) is 29.3 Å². The first-order valence-corrected chi connectivity index (χ1v) is 5.81. The van der Waals surface area contributed by atoms with Crippen molar-refractivity contribution in [3.8, 4) is 0 Å². The van der Waals surface area contributed by atoms with Crippen LogP contribution >= 0.6 is 0 Å². The van der Waals surface area contributed by atoms with E-state index in [4.69, 9.17) is 4.52 Å². The molecule has 0 spiro atoms. The zero-order valence-corrected chi connectivity index (χ0v) is 9.49. The molecular formula is C11H19N3O. The van der Waals surface area contributed by atoms with Crippen LogP contribution in [0.3, 0.4) is 0 Å². The van der Waals surface area contributed by atoms with Crippen LogP contribution in [0.2, 0.25) is 0 Å². The summed E-state index contributed by atoms with van der Waals surface area (Å²) in [4.78, 5) is 4.41. The summed E-state index contributed by atoms with van der Waals surface area (Å²) in [5.41, 5.74) is 0. The minimum absolute atomic E-state index is 0.513. The molecule has 1 aromatic rings. The Balaban J connectivity index is 1.79. The third-order valence-corrected chi connectivity index (χ3v) is 2.85. The fraction of sp³-hybridized carbons (Fsp3) is 0.818. The first-order valence-electron chi connectivity index (χ1n) is 5.81. The third kappa shape index (κ3) is 2.78. The number of rotatable bonds is 5. The molecule has 0 aliphatic heterocycles. The third-order valence-electron chi connectivity index (χ3n) is 2.85. The Morgan fingerprint density at radius 1 is 1.47 bits per heavy atom. The van der Waals surface area contributed by atoms with Crippen LogP contribution in [-0.4, -0.2) is 22.7 Å². The first kappa shape index (κ1) is 10.6. The molecule has 0 bridgehead atoms. The maximum Gasteiger partial charge on any atom is 0.227 e. The average Bonchev–Trinajstić information content (AvgIpc) is 2.49. The molecule has 84 valence electrons. The van der Waals surface area contributed by atoms with Crippen LogP contribution in [0.4, 0.5) is 0 Å². The Hall–Kier alpha value is -0.900. The molecule has 4 nitrogen and oxygen atoms in total.